The number of carboxylic acid groups (broad SMARTS) is 2. The van der Waals surface area contributed by atoms with Crippen molar-refractivity contribution in [1.82, 2.24) is 30.2 Å². The molecule has 5 N–H and O–H groups in total. The van der Waals surface area contributed by atoms with Crippen LogP contribution in [0.4, 0.5) is 11.4 Å². The number of nitrogens with zero attached hydrogens (tertiary/aromatic N) is 6. The zero-order chi connectivity index (χ0) is 67.1. The zero-order valence-electron chi connectivity index (χ0n) is 56.9. The van der Waals surface area contributed by atoms with Crippen molar-refractivity contribution >= 4 is 62.4 Å². The number of ether oxygens (including phenoxy) is 4. The molecule has 4 heterocycles. The van der Waals surface area contributed by atoms with E-state index in [0.717, 1.165) is 62.3 Å². The summed E-state index contributed by atoms with van der Waals surface area (Å²) in [7, 11) is 0. The topological polar surface area (TPSA) is 209 Å². The van der Waals surface area contributed by atoms with Gasteiger partial charge in [0.15, 0.2) is 11.9 Å². The van der Waals surface area contributed by atoms with Gasteiger partial charge in [-0.05, 0) is 139 Å². The number of benzene rings is 5. The number of hydrogen-bond donors (Lipinski definition) is 5. The number of carbonyl (C=O) groups is 4. The third-order valence-corrected chi connectivity index (χ3v) is 19.1. The quantitative estimate of drug-likeness (QED) is 0.0104. The van der Waals surface area contributed by atoms with Crippen LogP contribution in [0, 0.1) is 0 Å². The second-order valence-electron chi connectivity index (χ2n) is 26.7. The van der Waals surface area contributed by atoms with Crippen molar-refractivity contribution in [3.63, 3.8) is 0 Å². The van der Waals surface area contributed by atoms with E-state index in [2.05, 4.69) is 171 Å². The summed E-state index contributed by atoms with van der Waals surface area (Å²) in [5.74, 6) is -0.729. The zero-order valence-corrected chi connectivity index (χ0v) is 57.8. The summed E-state index contributed by atoms with van der Waals surface area (Å²) in [6.07, 6.45) is 14.2. The molecule has 4 aliphatic heterocycles. The fourth-order valence-electron chi connectivity index (χ4n) is 14.5. The van der Waals surface area contributed by atoms with E-state index < -0.39 is 24.4 Å². The first-order valence-electron chi connectivity index (χ1n) is 34.4. The Morgan fingerprint density at radius 3 is 2.07 bits per heavy atom. The molecule has 2 atom stereocenters. The number of aliphatic hydroxyl groups excluding tert-OH is 1. The molecule has 1 amide bonds. The summed E-state index contributed by atoms with van der Waals surface area (Å²) in [5.41, 5.74) is 10.8. The fraction of sp³-hybridized carbons (Fsp3) is 0.487. The van der Waals surface area contributed by atoms with E-state index in [9.17, 15) is 34.5 Å². The van der Waals surface area contributed by atoms with Gasteiger partial charge in [-0.15, -0.1) is 0 Å². The molecule has 96 heavy (non-hydrogen) atoms. The molecule has 0 bridgehead atoms. The van der Waals surface area contributed by atoms with E-state index >= 15 is 0 Å². The van der Waals surface area contributed by atoms with Crippen molar-refractivity contribution < 1.29 is 75.1 Å². The minimum atomic E-state index is -0.985. The Hall–Kier alpha value is -7.07. The van der Waals surface area contributed by atoms with Gasteiger partial charge in [0.2, 0.25) is 11.6 Å². The molecule has 5 aromatic carbocycles. The van der Waals surface area contributed by atoms with Crippen LogP contribution in [0.5, 0.6) is 5.75 Å². The summed E-state index contributed by atoms with van der Waals surface area (Å²) in [6.45, 7) is 20.5. The summed E-state index contributed by atoms with van der Waals surface area (Å²) in [4.78, 5) is 58.7. The fourth-order valence-corrected chi connectivity index (χ4v) is 14.5. The van der Waals surface area contributed by atoms with Crippen LogP contribution in [0.2, 0.25) is 0 Å². The minimum Gasteiger partial charge on any atom is -0.480 e. The molecule has 5 aliphatic rings. The molecule has 10 rings (SSSR count). The first kappa shape index (κ1) is 73.2. The number of rotatable bonds is 28. The van der Waals surface area contributed by atoms with Gasteiger partial charge in [0.05, 0.1) is 51.5 Å². The molecule has 0 saturated carbocycles. The van der Waals surface area contributed by atoms with Gasteiger partial charge in [0, 0.05) is 130 Å². The number of esters is 1. The van der Waals surface area contributed by atoms with Gasteiger partial charge < -0.3 is 44.5 Å². The Kier molecular flexibility index (Phi) is 26.2. The van der Waals surface area contributed by atoms with E-state index in [4.69, 9.17) is 18.9 Å². The smallest absolute Gasteiger partial charge is 0.321 e. The maximum absolute atomic E-state index is 13.1. The van der Waals surface area contributed by atoms with Gasteiger partial charge in [-0.25, -0.2) is 0 Å². The van der Waals surface area contributed by atoms with E-state index in [0.29, 0.717) is 105 Å². The number of allylic oxidation sites excluding steroid dienone is 7. The Bertz CT molecular complexity index is 3690. The number of fused-ring (bicyclic) bond motifs is 7. The van der Waals surface area contributed by atoms with Gasteiger partial charge in [0.1, 0.15) is 24.3 Å². The number of carbonyl (C=O) groups excluding carboxylic acids is 2. The first-order chi connectivity index (χ1) is 45.9. The van der Waals surface area contributed by atoms with Crippen LogP contribution in [0.25, 0.3) is 21.5 Å². The number of amides is 1. The summed E-state index contributed by atoms with van der Waals surface area (Å²) < 4.78 is 26.8. The van der Waals surface area contributed by atoms with Crippen LogP contribution in [0.1, 0.15) is 103 Å². The van der Waals surface area contributed by atoms with Crippen LogP contribution in [0.15, 0.2) is 144 Å². The molecule has 1 radical (unpaired) electrons. The Labute approximate surface area is 576 Å². The maximum Gasteiger partial charge on any atom is 0.321 e. The molecule has 519 valence electrons. The molecule has 0 aromatic heterocycles. The number of nitrogens with one attached hydrogen (secondary N) is 2. The third-order valence-electron chi connectivity index (χ3n) is 19.1. The molecule has 2 saturated heterocycles. The number of carboxylic acids is 2. The van der Waals surface area contributed by atoms with Crippen molar-refractivity contribution in [2.75, 3.05) is 129 Å². The number of aliphatic carboxylic acids is 2. The number of aliphatic hydroxyl groups is 1. The average Bonchev–Trinajstić information content (AvgIpc) is 1.57. The van der Waals surface area contributed by atoms with Crippen LogP contribution in [0.3, 0.4) is 0 Å². The Morgan fingerprint density at radius 2 is 1.38 bits per heavy atom. The van der Waals surface area contributed by atoms with Crippen molar-refractivity contribution in [2.45, 2.75) is 116 Å². The van der Waals surface area contributed by atoms with Crippen LogP contribution in [-0.2, 0) is 67.7 Å². The van der Waals surface area contributed by atoms with Crippen molar-refractivity contribution in [3.8, 4) is 5.75 Å². The average molecular weight is 1360 g/mol. The molecule has 19 nitrogen and oxygen atoms in total. The Balaban J connectivity index is 0.0000108. The molecule has 5 aromatic rings. The number of aryl methyl sites for hydroxylation is 1. The van der Waals surface area contributed by atoms with Crippen LogP contribution < -0.4 is 20.3 Å². The summed E-state index contributed by atoms with van der Waals surface area (Å²) in [5, 5.41) is 41.2. The second-order valence-corrected chi connectivity index (χ2v) is 26.7. The molecule has 0 spiro atoms. The van der Waals surface area contributed by atoms with Gasteiger partial charge in [0.25, 0.3) is 0 Å². The third kappa shape index (κ3) is 18.4. The van der Waals surface area contributed by atoms with Gasteiger partial charge >= 0.3 is 17.9 Å². The van der Waals surface area contributed by atoms with Crippen molar-refractivity contribution in [2.24, 2.45) is 0 Å². The van der Waals surface area contributed by atoms with Gasteiger partial charge in [-0.3, -0.25) is 44.1 Å². The largest absolute Gasteiger partial charge is 0.480 e. The predicted octanol–water partition coefficient (Wildman–Crippen LogP) is 9.52. The molecular weight excluding hydrogens is 1260 g/mol. The first-order valence-corrected chi connectivity index (χ1v) is 34.4. The SMILES string of the molecule is CCCN1/C(=C/C=C2\CCCC(/C=C/C3=[N+](CCC)c4ccc5ccccc5c4C3(C)C)=C2Oc2ccc(CCC(=O)NCCOCCOCCNC(O)CN3CCCN(CC(=O)O)CCN(CC(=O)O)CCN4CC(=O)OC4C3)cc2)C(C)(C)c2c1ccc1ccccc21.[Cu]. The number of hydrogen-bond acceptors (Lipinski definition) is 15. The molecule has 2 fully saturated rings. The normalized spacial score (nSPS) is 20.1. The van der Waals surface area contributed by atoms with E-state index in [1.54, 1.807) is 9.80 Å². The maximum atomic E-state index is 13.1. The second kappa shape index (κ2) is 34.4. The minimum absolute atomic E-state index is 0. The summed E-state index contributed by atoms with van der Waals surface area (Å²) in [6, 6.07) is 34.8. The van der Waals surface area contributed by atoms with E-state index in [1.807, 2.05) is 21.9 Å². The van der Waals surface area contributed by atoms with Crippen LogP contribution in [-0.4, -0.2) is 206 Å². The standard InChI is InChI=1S/C76H98N8O11.Cu/c1-7-37-83-62-30-24-55-15-9-11-19-60(55)72(62)75(3,4)64(83)32-26-57-17-13-18-58(27-33-65-76(5,6)73-61-20-12-10-16-56(61)25-31-63(73)84(65)38-8-2)74(57)94-59-28-21-54(22-29-59)23-34-66(85)77-35-45-92-47-48-93-46-36-78-67(86)49-81-40-14-39-79(51-69(87)88)41-42-80(52-70(89)90)43-44-82-53-71(91)95-68(82)50-81;/h9-12,15-16,19-22,24-33,67-68,78,86H,7-8,13-14,17-18,23,34-53H2,1-6H3,(H2-,77,85,87,88,89,90);/p+1. The van der Waals surface area contributed by atoms with Gasteiger partial charge in [-0.2, -0.15) is 4.58 Å². The van der Waals surface area contributed by atoms with E-state index in [-0.39, 0.29) is 66.0 Å². The van der Waals surface area contributed by atoms with E-state index in [1.165, 1.54) is 66.6 Å². The monoisotopic (exact) mass is 1360 g/mol. The van der Waals surface area contributed by atoms with Crippen LogP contribution >= 0.6 is 0 Å². The molecule has 1 aliphatic carbocycles. The molecule has 2 unspecified atom stereocenters. The predicted molar refractivity (Wildman–Crippen MR) is 373 cm³/mol. The van der Waals surface area contributed by atoms with Crippen molar-refractivity contribution in [1.29, 1.82) is 0 Å². The number of β-amino-alcohol motifs (C(OH)–C–C–N with tert-alkyl or cyclic N) is 1. The molecular formula is C76H99CuN8O11+. The van der Waals surface area contributed by atoms with Crippen molar-refractivity contribution in [3.05, 3.63) is 161 Å². The number of anilines is 1. The Morgan fingerprint density at radius 1 is 0.719 bits per heavy atom. The summed E-state index contributed by atoms with van der Waals surface area (Å²) >= 11 is 0. The molecule has 20 heteroatoms. The van der Waals surface area contributed by atoms with Gasteiger partial charge in [-0.1, -0.05) is 101 Å².